The monoisotopic (exact) mass is 273 g/mol. The highest BCUT2D eigenvalue weighted by Gasteiger charge is 2.21. The molecule has 1 aromatic rings. The van der Waals surface area contributed by atoms with Crippen molar-refractivity contribution in [2.75, 3.05) is 32.1 Å². The molecule has 1 aliphatic heterocycles. The Balaban J connectivity index is 2.01. The molecule has 7 nitrogen and oxygen atoms in total. The summed E-state index contributed by atoms with van der Waals surface area (Å²) in [5.74, 6) is -0.0224. The molecule has 1 saturated heterocycles. The highest BCUT2D eigenvalue weighted by Crippen LogP contribution is 2.14. The number of hydrogen-bond donors (Lipinski definition) is 2. The summed E-state index contributed by atoms with van der Waals surface area (Å²) in [4.78, 5) is 3.72. The summed E-state index contributed by atoms with van der Waals surface area (Å²) >= 11 is 0. The standard InChI is InChI=1S/C10H15N3O4S/c11-10-9(2-1-3-12-10)18(14,15)13-6-8-7-16-4-5-17-8/h1-3,8,13H,4-7H2,(H2,11,12). The fourth-order valence-corrected chi connectivity index (χ4v) is 2.71. The van der Waals surface area contributed by atoms with Crippen molar-refractivity contribution in [3.63, 3.8) is 0 Å². The second-order valence-electron chi connectivity index (χ2n) is 3.81. The van der Waals surface area contributed by atoms with E-state index in [-0.39, 0.29) is 23.4 Å². The van der Waals surface area contributed by atoms with Crippen molar-refractivity contribution in [3.05, 3.63) is 18.3 Å². The molecule has 1 aliphatic rings. The van der Waals surface area contributed by atoms with Crippen LogP contribution < -0.4 is 10.5 Å². The fourth-order valence-electron chi connectivity index (χ4n) is 1.56. The van der Waals surface area contributed by atoms with Gasteiger partial charge in [0, 0.05) is 12.7 Å². The molecule has 2 rings (SSSR count). The van der Waals surface area contributed by atoms with Crippen molar-refractivity contribution in [3.8, 4) is 0 Å². The molecular weight excluding hydrogens is 258 g/mol. The third kappa shape index (κ3) is 3.16. The fraction of sp³-hybridized carbons (Fsp3) is 0.500. The minimum Gasteiger partial charge on any atom is -0.383 e. The second-order valence-corrected chi connectivity index (χ2v) is 5.54. The van der Waals surface area contributed by atoms with Crippen LogP contribution in [0, 0.1) is 0 Å². The van der Waals surface area contributed by atoms with Crippen molar-refractivity contribution < 1.29 is 17.9 Å². The quantitative estimate of drug-likeness (QED) is 0.756. The Morgan fingerprint density at radius 3 is 3.00 bits per heavy atom. The minimum absolute atomic E-state index is 0.0224. The molecule has 2 heterocycles. The smallest absolute Gasteiger partial charge is 0.244 e. The number of aromatic nitrogens is 1. The van der Waals surface area contributed by atoms with Crippen molar-refractivity contribution in [2.45, 2.75) is 11.0 Å². The zero-order valence-electron chi connectivity index (χ0n) is 9.70. The van der Waals surface area contributed by atoms with Crippen LogP contribution in [0.4, 0.5) is 5.82 Å². The van der Waals surface area contributed by atoms with E-state index >= 15 is 0 Å². The Labute approximate surface area is 105 Å². The minimum atomic E-state index is -3.66. The third-order valence-corrected chi connectivity index (χ3v) is 3.95. The molecule has 0 aliphatic carbocycles. The molecule has 0 amide bonds. The van der Waals surface area contributed by atoms with Crippen LogP contribution in [0.25, 0.3) is 0 Å². The number of pyridine rings is 1. The predicted molar refractivity (Wildman–Crippen MR) is 64.4 cm³/mol. The SMILES string of the molecule is Nc1ncccc1S(=O)(=O)NCC1COCCO1. The number of hydrogen-bond acceptors (Lipinski definition) is 6. The van der Waals surface area contributed by atoms with Gasteiger partial charge in [-0.1, -0.05) is 0 Å². The highest BCUT2D eigenvalue weighted by atomic mass is 32.2. The van der Waals surface area contributed by atoms with E-state index in [1.54, 1.807) is 0 Å². The number of nitrogens with zero attached hydrogens (tertiary/aromatic N) is 1. The summed E-state index contributed by atoms with van der Waals surface area (Å²) in [6, 6.07) is 2.92. The Bertz CT molecular complexity index is 500. The number of nitrogens with one attached hydrogen (secondary N) is 1. The maximum atomic E-state index is 12.0. The highest BCUT2D eigenvalue weighted by molar-refractivity contribution is 7.89. The Hall–Kier alpha value is -1.22. The summed E-state index contributed by atoms with van der Waals surface area (Å²) in [7, 11) is -3.66. The molecular formula is C10H15N3O4S. The summed E-state index contributed by atoms with van der Waals surface area (Å²) in [6.07, 6.45) is 1.17. The second kappa shape index (κ2) is 5.61. The molecule has 8 heteroatoms. The first-order valence-electron chi connectivity index (χ1n) is 5.49. The van der Waals surface area contributed by atoms with Gasteiger partial charge in [-0.3, -0.25) is 0 Å². The normalized spacial score (nSPS) is 20.8. The molecule has 0 bridgehead atoms. The van der Waals surface area contributed by atoms with Crippen molar-refractivity contribution in [2.24, 2.45) is 0 Å². The largest absolute Gasteiger partial charge is 0.383 e. The number of anilines is 1. The average molecular weight is 273 g/mol. The van der Waals surface area contributed by atoms with E-state index in [1.807, 2.05) is 0 Å². The number of ether oxygens (including phenoxy) is 2. The van der Waals surface area contributed by atoms with Crippen molar-refractivity contribution >= 4 is 15.8 Å². The Morgan fingerprint density at radius 1 is 1.50 bits per heavy atom. The maximum Gasteiger partial charge on any atom is 0.244 e. The van der Waals surface area contributed by atoms with Crippen LogP contribution in [0.1, 0.15) is 0 Å². The lowest BCUT2D eigenvalue weighted by Gasteiger charge is -2.23. The van der Waals surface area contributed by atoms with Gasteiger partial charge in [0.15, 0.2) is 0 Å². The van der Waals surface area contributed by atoms with E-state index in [0.29, 0.717) is 19.8 Å². The third-order valence-electron chi connectivity index (χ3n) is 2.48. The van der Waals surface area contributed by atoms with E-state index in [9.17, 15) is 8.42 Å². The van der Waals surface area contributed by atoms with Crippen LogP contribution in [-0.4, -0.2) is 45.9 Å². The average Bonchev–Trinajstić information content (AvgIpc) is 2.38. The van der Waals surface area contributed by atoms with E-state index in [1.165, 1.54) is 18.3 Å². The van der Waals surface area contributed by atoms with E-state index in [2.05, 4.69) is 9.71 Å². The van der Waals surface area contributed by atoms with Crippen LogP contribution in [0.3, 0.4) is 0 Å². The molecule has 1 fully saturated rings. The van der Waals surface area contributed by atoms with Gasteiger partial charge >= 0.3 is 0 Å². The van der Waals surface area contributed by atoms with Gasteiger partial charge in [0.05, 0.1) is 25.9 Å². The van der Waals surface area contributed by atoms with Gasteiger partial charge in [-0.15, -0.1) is 0 Å². The number of sulfonamides is 1. The van der Waals surface area contributed by atoms with Gasteiger partial charge < -0.3 is 15.2 Å². The molecule has 0 aromatic carbocycles. The zero-order chi connectivity index (χ0) is 13.0. The number of rotatable bonds is 4. The Morgan fingerprint density at radius 2 is 2.33 bits per heavy atom. The summed E-state index contributed by atoms with van der Waals surface area (Å²) < 4.78 is 36.9. The van der Waals surface area contributed by atoms with Gasteiger partial charge in [-0.25, -0.2) is 18.1 Å². The van der Waals surface area contributed by atoms with Crippen LogP contribution in [0.15, 0.2) is 23.2 Å². The topological polar surface area (TPSA) is 104 Å². The zero-order valence-corrected chi connectivity index (χ0v) is 10.5. The number of nitrogens with two attached hydrogens (primary N) is 1. The first-order valence-corrected chi connectivity index (χ1v) is 6.97. The maximum absolute atomic E-state index is 12.0. The molecule has 0 spiro atoms. The van der Waals surface area contributed by atoms with E-state index < -0.39 is 10.0 Å². The first kappa shape index (κ1) is 13.2. The van der Waals surface area contributed by atoms with Gasteiger partial charge in [-0.05, 0) is 12.1 Å². The molecule has 1 unspecified atom stereocenters. The first-order chi connectivity index (χ1) is 8.59. The molecule has 100 valence electrons. The molecule has 1 aromatic heterocycles. The molecule has 1 atom stereocenters. The van der Waals surface area contributed by atoms with Crippen LogP contribution >= 0.6 is 0 Å². The van der Waals surface area contributed by atoms with E-state index in [4.69, 9.17) is 15.2 Å². The van der Waals surface area contributed by atoms with Gasteiger partial charge in [-0.2, -0.15) is 0 Å². The van der Waals surface area contributed by atoms with Crippen LogP contribution in [0.5, 0.6) is 0 Å². The van der Waals surface area contributed by atoms with Crippen LogP contribution in [-0.2, 0) is 19.5 Å². The van der Waals surface area contributed by atoms with Gasteiger partial charge in [0.1, 0.15) is 10.7 Å². The van der Waals surface area contributed by atoms with Gasteiger partial charge in [0.2, 0.25) is 10.0 Å². The molecule has 0 radical (unpaired) electrons. The summed E-state index contributed by atoms with van der Waals surface area (Å²) in [6.45, 7) is 1.54. The lowest BCUT2D eigenvalue weighted by molar-refractivity contribution is -0.0846. The number of nitrogen functional groups attached to an aromatic ring is 1. The lowest BCUT2D eigenvalue weighted by Crippen LogP contribution is -2.39. The van der Waals surface area contributed by atoms with Crippen LogP contribution in [0.2, 0.25) is 0 Å². The Kier molecular flexibility index (Phi) is 4.12. The van der Waals surface area contributed by atoms with Crippen molar-refractivity contribution in [1.82, 2.24) is 9.71 Å². The van der Waals surface area contributed by atoms with E-state index in [0.717, 1.165) is 0 Å². The predicted octanol–water partition coefficient (Wildman–Crippen LogP) is -0.642. The van der Waals surface area contributed by atoms with Gasteiger partial charge in [0.25, 0.3) is 0 Å². The van der Waals surface area contributed by atoms with Crippen molar-refractivity contribution in [1.29, 1.82) is 0 Å². The lowest BCUT2D eigenvalue weighted by atomic mass is 10.3. The molecule has 18 heavy (non-hydrogen) atoms. The molecule has 0 saturated carbocycles. The summed E-state index contributed by atoms with van der Waals surface area (Å²) in [5, 5.41) is 0. The molecule has 3 N–H and O–H groups in total. The summed E-state index contributed by atoms with van der Waals surface area (Å²) in [5.41, 5.74) is 5.53.